The van der Waals surface area contributed by atoms with Gasteiger partial charge in [-0.3, -0.25) is 0 Å². The van der Waals surface area contributed by atoms with Crippen molar-refractivity contribution in [3.8, 4) is 17.0 Å². The van der Waals surface area contributed by atoms with E-state index in [4.69, 9.17) is 20.4 Å². The minimum absolute atomic E-state index is 0.134. The fourth-order valence-electron chi connectivity index (χ4n) is 5.22. The van der Waals surface area contributed by atoms with Crippen molar-refractivity contribution >= 4 is 5.82 Å². The van der Waals surface area contributed by atoms with Gasteiger partial charge in [-0.15, -0.1) is 0 Å². The highest BCUT2D eigenvalue weighted by atomic mass is 16.5. The molecule has 0 radical (unpaired) electrons. The van der Waals surface area contributed by atoms with Crippen LogP contribution in [0.3, 0.4) is 0 Å². The molecule has 1 saturated heterocycles. The molecule has 1 atom stereocenters. The summed E-state index contributed by atoms with van der Waals surface area (Å²) in [4.78, 5) is 12.0. The molecule has 1 aromatic heterocycles. The highest BCUT2D eigenvalue weighted by Crippen LogP contribution is 2.46. The van der Waals surface area contributed by atoms with Gasteiger partial charge in [0.2, 0.25) is 0 Å². The summed E-state index contributed by atoms with van der Waals surface area (Å²) in [5, 5.41) is 10.1. The molecule has 1 spiro atoms. The molecule has 29 heavy (non-hydrogen) atoms. The van der Waals surface area contributed by atoms with Crippen LogP contribution >= 0.6 is 0 Å². The first-order valence-electron chi connectivity index (χ1n) is 10.6. The van der Waals surface area contributed by atoms with E-state index >= 15 is 0 Å². The highest BCUT2D eigenvalue weighted by molar-refractivity contribution is 5.72. The van der Waals surface area contributed by atoms with E-state index in [9.17, 15) is 5.11 Å². The molecule has 1 aliphatic heterocycles. The van der Waals surface area contributed by atoms with Gasteiger partial charge in [0.25, 0.3) is 0 Å². The lowest BCUT2D eigenvalue weighted by atomic mass is 9.74. The lowest BCUT2D eigenvalue weighted by molar-refractivity contribution is 0.196. The molecule has 2 aliphatic rings. The summed E-state index contributed by atoms with van der Waals surface area (Å²) >= 11 is 0. The van der Waals surface area contributed by atoms with Crippen LogP contribution in [0.25, 0.3) is 11.3 Å². The number of rotatable bonds is 4. The van der Waals surface area contributed by atoms with Gasteiger partial charge in [-0.1, -0.05) is 18.6 Å². The maximum Gasteiger partial charge on any atom is 0.153 e. The number of methoxy groups -OCH3 is 1. The quantitative estimate of drug-likeness (QED) is 0.824. The van der Waals surface area contributed by atoms with E-state index in [1.807, 2.05) is 32.0 Å². The minimum atomic E-state index is -0.134. The third-order valence-corrected chi connectivity index (χ3v) is 6.98. The number of nitrogens with two attached hydrogens (primary N) is 1. The maximum atomic E-state index is 10.1. The number of aromatic nitrogens is 2. The summed E-state index contributed by atoms with van der Waals surface area (Å²) in [6, 6.07) is 6.33. The number of aliphatic hydroxyl groups excluding tert-OH is 1. The van der Waals surface area contributed by atoms with Gasteiger partial charge in [0.1, 0.15) is 11.4 Å². The summed E-state index contributed by atoms with van der Waals surface area (Å²) in [7, 11) is 1.67. The van der Waals surface area contributed by atoms with Crippen molar-refractivity contribution in [3.05, 3.63) is 35.2 Å². The number of para-hydroxylation sites is 1. The standard InChI is InChI=1S/C23H32N4O2/c1-15-6-4-7-17(21(15)29-3)20-16(2)25-22(18(14-28)26-20)27-12-10-23(11-13-27)9-5-8-19(23)24/h4,6-7,19,28H,5,8-14,24H2,1-3H3/t19-/m1/s1. The van der Waals surface area contributed by atoms with Gasteiger partial charge in [0, 0.05) is 24.7 Å². The fraction of sp³-hybridized carbons (Fsp3) is 0.565. The molecular formula is C23H32N4O2. The Labute approximate surface area is 173 Å². The van der Waals surface area contributed by atoms with E-state index in [0.29, 0.717) is 17.2 Å². The fourth-order valence-corrected chi connectivity index (χ4v) is 5.22. The lowest BCUT2D eigenvalue weighted by Crippen LogP contribution is -2.47. The van der Waals surface area contributed by atoms with E-state index in [2.05, 4.69) is 4.90 Å². The average molecular weight is 397 g/mol. The number of aliphatic hydroxyl groups is 1. The number of anilines is 1. The molecule has 1 saturated carbocycles. The van der Waals surface area contributed by atoms with Crippen molar-refractivity contribution in [1.82, 2.24) is 9.97 Å². The SMILES string of the molecule is COc1c(C)cccc1-c1nc(CO)c(N2CCC3(CCC[C@H]3N)CC2)nc1C. The van der Waals surface area contributed by atoms with E-state index in [1.54, 1.807) is 7.11 Å². The second-order valence-electron chi connectivity index (χ2n) is 8.59. The molecule has 1 aliphatic carbocycles. The van der Waals surface area contributed by atoms with Crippen molar-refractivity contribution in [2.24, 2.45) is 11.1 Å². The lowest BCUT2D eigenvalue weighted by Gasteiger charge is -2.42. The summed E-state index contributed by atoms with van der Waals surface area (Å²) in [6.07, 6.45) is 5.81. The molecule has 4 rings (SSSR count). The molecule has 156 valence electrons. The van der Waals surface area contributed by atoms with Crippen LogP contribution in [0.1, 0.15) is 49.1 Å². The van der Waals surface area contributed by atoms with Gasteiger partial charge < -0.3 is 20.5 Å². The normalized spacial score (nSPS) is 21.0. The molecule has 0 bridgehead atoms. The molecule has 2 heterocycles. The predicted octanol–water partition coefficient (Wildman–Crippen LogP) is 3.36. The number of hydrogen-bond donors (Lipinski definition) is 2. The van der Waals surface area contributed by atoms with Gasteiger partial charge in [0.15, 0.2) is 5.82 Å². The molecular weight excluding hydrogens is 364 g/mol. The smallest absolute Gasteiger partial charge is 0.153 e. The largest absolute Gasteiger partial charge is 0.496 e. The molecule has 2 fully saturated rings. The van der Waals surface area contributed by atoms with Crippen molar-refractivity contribution in [2.75, 3.05) is 25.1 Å². The van der Waals surface area contributed by atoms with Crippen LogP contribution in [-0.2, 0) is 6.61 Å². The topological polar surface area (TPSA) is 84.5 Å². The van der Waals surface area contributed by atoms with Gasteiger partial charge in [-0.2, -0.15) is 0 Å². The molecule has 0 amide bonds. The van der Waals surface area contributed by atoms with Gasteiger partial charge in [0.05, 0.1) is 25.1 Å². The van der Waals surface area contributed by atoms with Crippen molar-refractivity contribution < 1.29 is 9.84 Å². The zero-order chi connectivity index (χ0) is 20.6. The first kappa shape index (κ1) is 20.1. The zero-order valence-electron chi connectivity index (χ0n) is 17.7. The van der Waals surface area contributed by atoms with Crippen molar-refractivity contribution in [3.63, 3.8) is 0 Å². The van der Waals surface area contributed by atoms with E-state index in [-0.39, 0.29) is 6.61 Å². The number of ether oxygens (including phenoxy) is 1. The Balaban J connectivity index is 1.65. The van der Waals surface area contributed by atoms with Gasteiger partial charge in [-0.25, -0.2) is 9.97 Å². The molecule has 2 aromatic rings. The Bertz CT molecular complexity index is 891. The first-order valence-corrected chi connectivity index (χ1v) is 10.6. The molecule has 6 heteroatoms. The Morgan fingerprint density at radius 1 is 1.21 bits per heavy atom. The number of aryl methyl sites for hydroxylation is 2. The van der Waals surface area contributed by atoms with Crippen LogP contribution in [0.15, 0.2) is 18.2 Å². The zero-order valence-corrected chi connectivity index (χ0v) is 17.7. The van der Waals surface area contributed by atoms with E-state index < -0.39 is 0 Å². The summed E-state index contributed by atoms with van der Waals surface area (Å²) < 4.78 is 5.62. The highest BCUT2D eigenvalue weighted by Gasteiger charge is 2.43. The van der Waals surface area contributed by atoms with Crippen LogP contribution < -0.4 is 15.4 Å². The Morgan fingerprint density at radius 3 is 2.59 bits per heavy atom. The van der Waals surface area contributed by atoms with Crippen molar-refractivity contribution in [2.45, 2.75) is 58.6 Å². The average Bonchev–Trinajstić information content (AvgIpc) is 3.08. The van der Waals surface area contributed by atoms with Crippen LogP contribution in [0.5, 0.6) is 5.75 Å². The van der Waals surface area contributed by atoms with E-state index in [0.717, 1.165) is 66.4 Å². The van der Waals surface area contributed by atoms with Crippen molar-refractivity contribution in [1.29, 1.82) is 0 Å². The Hall–Kier alpha value is -2.18. The molecule has 3 N–H and O–H groups in total. The number of benzene rings is 1. The second kappa shape index (κ2) is 7.92. The molecule has 0 unspecified atom stereocenters. The Kier molecular flexibility index (Phi) is 5.49. The Morgan fingerprint density at radius 2 is 1.97 bits per heavy atom. The third-order valence-electron chi connectivity index (χ3n) is 6.98. The molecule has 1 aromatic carbocycles. The number of piperidine rings is 1. The van der Waals surface area contributed by atoms with Crippen LogP contribution in [0.2, 0.25) is 0 Å². The van der Waals surface area contributed by atoms with Crippen LogP contribution in [0, 0.1) is 19.3 Å². The predicted molar refractivity (Wildman–Crippen MR) is 115 cm³/mol. The maximum absolute atomic E-state index is 10.1. The number of nitrogens with zero attached hydrogens (tertiary/aromatic N) is 3. The minimum Gasteiger partial charge on any atom is -0.496 e. The summed E-state index contributed by atoms with van der Waals surface area (Å²) in [5.41, 5.74) is 10.9. The van der Waals surface area contributed by atoms with Crippen LogP contribution in [0.4, 0.5) is 5.82 Å². The third kappa shape index (κ3) is 3.49. The van der Waals surface area contributed by atoms with Crippen LogP contribution in [-0.4, -0.2) is 41.3 Å². The summed E-state index contributed by atoms with van der Waals surface area (Å²) in [6.45, 7) is 5.70. The first-order chi connectivity index (χ1) is 14.0. The van der Waals surface area contributed by atoms with E-state index in [1.165, 1.54) is 12.8 Å². The van der Waals surface area contributed by atoms with Gasteiger partial charge >= 0.3 is 0 Å². The second-order valence-corrected chi connectivity index (χ2v) is 8.59. The summed E-state index contributed by atoms with van der Waals surface area (Å²) in [5.74, 6) is 1.61. The number of hydrogen-bond acceptors (Lipinski definition) is 6. The van der Waals surface area contributed by atoms with Gasteiger partial charge in [-0.05, 0) is 56.6 Å². The molecule has 6 nitrogen and oxygen atoms in total. The monoisotopic (exact) mass is 396 g/mol.